The summed E-state index contributed by atoms with van der Waals surface area (Å²) in [5.74, 6) is 0.298. The lowest BCUT2D eigenvalue weighted by Gasteiger charge is -2.30. The van der Waals surface area contributed by atoms with Crippen LogP contribution >= 0.6 is 12.2 Å². The Morgan fingerprint density at radius 3 is 2.66 bits per heavy atom. The van der Waals surface area contributed by atoms with Crippen LogP contribution in [0.5, 0.6) is 5.75 Å². The second kappa shape index (κ2) is 9.40. The highest BCUT2D eigenvalue weighted by molar-refractivity contribution is 7.80. The molecule has 1 aromatic heterocycles. The van der Waals surface area contributed by atoms with Crippen molar-refractivity contribution in [2.45, 2.75) is 26.8 Å². The van der Waals surface area contributed by atoms with Crippen LogP contribution < -0.4 is 10.1 Å². The van der Waals surface area contributed by atoms with Gasteiger partial charge < -0.3 is 19.7 Å². The molecule has 8 heteroatoms. The molecule has 1 aliphatic heterocycles. The van der Waals surface area contributed by atoms with Crippen molar-refractivity contribution in [2.24, 2.45) is 0 Å². The van der Waals surface area contributed by atoms with Gasteiger partial charge in [-0.1, -0.05) is 29.8 Å². The Morgan fingerprint density at radius 1 is 1.19 bits per heavy atom. The standard InChI is InChI=1S/C24H26N4O3S/c1-4-31-23(29)22-18-15-27(24(32)25-19-7-5-6-8-21(19)30-3)14-13-20(18)28(26-22)17-11-9-16(2)10-12-17/h5-12H,4,13-15H2,1-3H3,(H,25,32). The number of rotatable bonds is 5. The van der Waals surface area contributed by atoms with Crippen molar-refractivity contribution in [2.75, 3.05) is 25.6 Å². The van der Waals surface area contributed by atoms with E-state index in [9.17, 15) is 4.79 Å². The molecule has 0 atom stereocenters. The first-order chi connectivity index (χ1) is 15.5. The Morgan fingerprint density at radius 2 is 1.94 bits per heavy atom. The molecule has 1 N–H and O–H groups in total. The maximum absolute atomic E-state index is 12.7. The molecule has 3 aromatic rings. The van der Waals surface area contributed by atoms with E-state index in [0.717, 1.165) is 22.6 Å². The first-order valence-electron chi connectivity index (χ1n) is 10.6. The average molecular weight is 451 g/mol. The van der Waals surface area contributed by atoms with Gasteiger partial charge >= 0.3 is 5.97 Å². The molecule has 0 unspecified atom stereocenters. The van der Waals surface area contributed by atoms with Crippen molar-refractivity contribution >= 4 is 29.0 Å². The molecule has 0 bridgehead atoms. The van der Waals surface area contributed by atoms with Gasteiger partial charge in [0.25, 0.3) is 0 Å². The van der Waals surface area contributed by atoms with E-state index in [2.05, 4.69) is 10.4 Å². The van der Waals surface area contributed by atoms with Gasteiger partial charge in [0.1, 0.15) is 5.75 Å². The quantitative estimate of drug-likeness (QED) is 0.463. The summed E-state index contributed by atoms with van der Waals surface area (Å²) in [6.07, 6.45) is 0.698. The molecule has 32 heavy (non-hydrogen) atoms. The lowest BCUT2D eigenvalue weighted by molar-refractivity contribution is 0.0517. The van der Waals surface area contributed by atoms with Gasteiger partial charge in [-0.2, -0.15) is 5.10 Å². The highest BCUT2D eigenvalue weighted by atomic mass is 32.1. The zero-order chi connectivity index (χ0) is 22.7. The molecule has 0 radical (unpaired) electrons. The van der Waals surface area contributed by atoms with E-state index in [1.807, 2.05) is 65.0 Å². The second-order valence-corrected chi connectivity index (χ2v) is 7.93. The molecular weight excluding hydrogens is 424 g/mol. The number of esters is 1. The third kappa shape index (κ3) is 4.31. The Labute approximate surface area is 192 Å². The molecule has 0 amide bonds. The number of carbonyl (C=O) groups is 1. The minimum Gasteiger partial charge on any atom is -0.495 e. The van der Waals surface area contributed by atoms with Crippen molar-refractivity contribution in [3.8, 4) is 11.4 Å². The number of aromatic nitrogens is 2. The van der Waals surface area contributed by atoms with Crippen LogP contribution in [0.1, 0.15) is 34.2 Å². The second-order valence-electron chi connectivity index (χ2n) is 7.54. The molecule has 1 aliphatic rings. The van der Waals surface area contributed by atoms with E-state index in [1.165, 1.54) is 5.56 Å². The number of hydrogen-bond donors (Lipinski definition) is 1. The number of nitrogens with one attached hydrogen (secondary N) is 1. The number of anilines is 1. The van der Waals surface area contributed by atoms with Crippen LogP contribution in [-0.2, 0) is 17.7 Å². The number of methoxy groups -OCH3 is 1. The van der Waals surface area contributed by atoms with Gasteiger partial charge in [0.15, 0.2) is 10.8 Å². The van der Waals surface area contributed by atoms with Gasteiger partial charge in [0.2, 0.25) is 0 Å². The lowest BCUT2D eigenvalue weighted by Crippen LogP contribution is -2.39. The zero-order valence-electron chi connectivity index (χ0n) is 18.4. The van der Waals surface area contributed by atoms with Crippen LogP contribution in [0.3, 0.4) is 0 Å². The minimum absolute atomic E-state index is 0.294. The molecule has 166 valence electrons. The Hall–Kier alpha value is -3.39. The van der Waals surface area contributed by atoms with Gasteiger partial charge in [0, 0.05) is 25.1 Å². The fourth-order valence-electron chi connectivity index (χ4n) is 3.80. The van der Waals surface area contributed by atoms with Gasteiger partial charge in [-0.05, 0) is 50.3 Å². The number of fused-ring (bicyclic) bond motifs is 1. The maximum atomic E-state index is 12.7. The van der Waals surface area contributed by atoms with Gasteiger partial charge in [-0.25, -0.2) is 9.48 Å². The summed E-state index contributed by atoms with van der Waals surface area (Å²) in [7, 11) is 1.63. The molecule has 0 fully saturated rings. The Bertz CT molecular complexity index is 1140. The summed E-state index contributed by atoms with van der Waals surface area (Å²) >= 11 is 5.68. The van der Waals surface area contributed by atoms with E-state index < -0.39 is 5.97 Å². The lowest BCUT2D eigenvalue weighted by atomic mass is 10.0. The third-order valence-corrected chi connectivity index (χ3v) is 5.80. The molecule has 2 heterocycles. The summed E-state index contributed by atoms with van der Waals surface area (Å²) in [5, 5.41) is 8.48. The summed E-state index contributed by atoms with van der Waals surface area (Å²) in [5.41, 5.74) is 5.08. The number of aryl methyl sites for hydroxylation is 1. The molecule has 2 aromatic carbocycles. The first kappa shape index (κ1) is 21.8. The highest BCUT2D eigenvalue weighted by Gasteiger charge is 2.30. The van der Waals surface area contributed by atoms with E-state index in [1.54, 1.807) is 14.0 Å². The molecule has 7 nitrogen and oxygen atoms in total. The molecule has 4 rings (SSSR count). The zero-order valence-corrected chi connectivity index (χ0v) is 19.2. The minimum atomic E-state index is -0.417. The van der Waals surface area contributed by atoms with E-state index >= 15 is 0 Å². The van der Waals surface area contributed by atoms with Crippen LogP contribution in [0.2, 0.25) is 0 Å². The largest absolute Gasteiger partial charge is 0.495 e. The van der Waals surface area contributed by atoms with Crippen LogP contribution in [-0.4, -0.2) is 46.0 Å². The van der Waals surface area contributed by atoms with Crippen molar-refractivity contribution in [3.63, 3.8) is 0 Å². The van der Waals surface area contributed by atoms with E-state index in [-0.39, 0.29) is 0 Å². The topological polar surface area (TPSA) is 68.6 Å². The summed E-state index contributed by atoms with van der Waals surface area (Å²) in [6.45, 7) is 5.30. The van der Waals surface area contributed by atoms with E-state index in [0.29, 0.717) is 42.7 Å². The molecule has 0 spiro atoms. The van der Waals surface area contributed by atoms with Crippen LogP contribution in [0.15, 0.2) is 48.5 Å². The first-order valence-corrected chi connectivity index (χ1v) is 11.0. The maximum Gasteiger partial charge on any atom is 0.359 e. The number of thiocarbonyl (C=S) groups is 1. The summed E-state index contributed by atoms with van der Waals surface area (Å²) in [4.78, 5) is 14.7. The van der Waals surface area contributed by atoms with Crippen molar-refractivity contribution in [1.29, 1.82) is 0 Å². The predicted molar refractivity (Wildman–Crippen MR) is 128 cm³/mol. The summed E-state index contributed by atoms with van der Waals surface area (Å²) in [6, 6.07) is 15.7. The van der Waals surface area contributed by atoms with Crippen molar-refractivity contribution < 1.29 is 14.3 Å². The number of nitrogens with zero attached hydrogens (tertiary/aromatic N) is 3. The predicted octanol–water partition coefficient (Wildman–Crippen LogP) is 4.12. The van der Waals surface area contributed by atoms with Gasteiger partial charge in [0.05, 0.1) is 30.8 Å². The number of para-hydroxylation sites is 2. The van der Waals surface area contributed by atoms with Crippen LogP contribution in [0.4, 0.5) is 5.69 Å². The van der Waals surface area contributed by atoms with Crippen molar-refractivity contribution in [1.82, 2.24) is 14.7 Å². The number of ether oxygens (including phenoxy) is 2. The van der Waals surface area contributed by atoms with E-state index in [4.69, 9.17) is 21.7 Å². The van der Waals surface area contributed by atoms with Gasteiger partial charge in [-0.15, -0.1) is 0 Å². The number of benzene rings is 2. The van der Waals surface area contributed by atoms with Crippen LogP contribution in [0, 0.1) is 6.92 Å². The van der Waals surface area contributed by atoms with Gasteiger partial charge in [-0.3, -0.25) is 0 Å². The van der Waals surface area contributed by atoms with Crippen molar-refractivity contribution in [3.05, 3.63) is 71.0 Å². The average Bonchev–Trinajstić information content (AvgIpc) is 3.19. The smallest absolute Gasteiger partial charge is 0.359 e. The molecule has 0 saturated heterocycles. The van der Waals surface area contributed by atoms with Crippen LogP contribution in [0.25, 0.3) is 5.69 Å². The summed E-state index contributed by atoms with van der Waals surface area (Å²) < 4.78 is 12.6. The fourth-order valence-corrected chi connectivity index (χ4v) is 4.06. The third-order valence-electron chi connectivity index (χ3n) is 5.44. The number of carbonyl (C=O) groups excluding carboxylic acids is 1. The Balaban J connectivity index is 1.64. The number of hydrogen-bond acceptors (Lipinski definition) is 5. The molecule has 0 aliphatic carbocycles. The monoisotopic (exact) mass is 450 g/mol. The SMILES string of the molecule is CCOC(=O)c1nn(-c2ccc(C)cc2)c2c1CN(C(=S)Nc1ccccc1OC)CC2. The molecular formula is C24H26N4O3S. The normalized spacial score (nSPS) is 12.8. The Kier molecular flexibility index (Phi) is 6.41. The molecule has 0 saturated carbocycles. The fraction of sp³-hybridized carbons (Fsp3) is 0.292. The highest BCUT2D eigenvalue weighted by Crippen LogP contribution is 2.28.